The number of nitrogens with zero attached hydrogens (tertiary/aromatic N) is 4. The van der Waals surface area contributed by atoms with Crippen molar-refractivity contribution in [3.63, 3.8) is 0 Å². The number of rotatable bonds is 2. The molecule has 0 amide bonds. The lowest BCUT2D eigenvalue weighted by Crippen LogP contribution is -1.83. The first-order valence-electron chi connectivity index (χ1n) is 8.61. The van der Waals surface area contributed by atoms with Crippen LogP contribution in [0.15, 0.2) is 48.8 Å². The van der Waals surface area contributed by atoms with E-state index >= 15 is 0 Å². The highest BCUT2D eigenvalue weighted by Crippen LogP contribution is 1.91. The van der Waals surface area contributed by atoms with Gasteiger partial charge in [0.25, 0.3) is 0 Å². The van der Waals surface area contributed by atoms with Crippen LogP contribution in [0.3, 0.4) is 0 Å². The van der Waals surface area contributed by atoms with Gasteiger partial charge in [0.15, 0.2) is 0 Å². The number of ketones is 1. The van der Waals surface area contributed by atoms with Crippen LogP contribution >= 0.6 is 0 Å². The zero-order chi connectivity index (χ0) is 20.6. The Morgan fingerprint density at radius 1 is 0.926 bits per heavy atom. The lowest BCUT2D eigenvalue weighted by atomic mass is 10.3. The van der Waals surface area contributed by atoms with Gasteiger partial charge in [0.1, 0.15) is 5.78 Å². The number of Topliss-reactive ketones (excluding diaryl/α,β-unsaturated/α-hetero) is 1. The molecule has 0 bridgehead atoms. The smallest absolute Gasteiger partial charge is 0.143 e. The maximum atomic E-state index is 9.82. The van der Waals surface area contributed by atoms with Gasteiger partial charge in [0.2, 0.25) is 0 Å². The number of hydrogen-bond donors (Lipinski definition) is 0. The van der Waals surface area contributed by atoms with Crippen molar-refractivity contribution in [2.24, 2.45) is 0 Å². The standard InChI is InChI=1S/C7H6N2.C6H7N.C4H5NO.2C2H6.CH4/c8-5-4-7-3-1-2-6-9-7;1-6-4-2-3-5-7-6;1-4(6)2-3-5;2*1-2;/h1-3,6H,4H2;2-5H,1H3;2H2,1H3;2*1-2H3;1H4. The van der Waals surface area contributed by atoms with E-state index in [0.717, 1.165) is 11.4 Å². The van der Waals surface area contributed by atoms with Gasteiger partial charge in [-0.2, -0.15) is 10.5 Å². The van der Waals surface area contributed by atoms with Crippen molar-refractivity contribution in [1.82, 2.24) is 9.97 Å². The third kappa shape index (κ3) is 28.0. The fourth-order valence-corrected chi connectivity index (χ4v) is 1.14. The van der Waals surface area contributed by atoms with E-state index in [4.69, 9.17) is 10.5 Å². The Morgan fingerprint density at radius 3 is 1.67 bits per heavy atom. The Morgan fingerprint density at radius 2 is 1.44 bits per heavy atom. The Hall–Kier alpha value is -3.05. The third-order valence-electron chi connectivity index (χ3n) is 2.13. The predicted molar refractivity (Wildman–Crippen MR) is 113 cm³/mol. The normalized spacial score (nSPS) is 6.96. The third-order valence-corrected chi connectivity index (χ3v) is 2.13. The van der Waals surface area contributed by atoms with E-state index in [-0.39, 0.29) is 19.6 Å². The Labute approximate surface area is 165 Å². The average Bonchev–Trinajstić information content (AvgIpc) is 2.68. The molecule has 0 aliphatic heterocycles. The molecular formula is C22H34N4O. The summed E-state index contributed by atoms with van der Waals surface area (Å²) in [6.07, 6.45) is 3.92. The molecule has 5 heteroatoms. The van der Waals surface area contributed by atoms with E-state index in [1.54, 1.807) is 18.5 Å². The topological polar surface area (TPSA) is 90.4 Å². The van der Waals surface area contributed by atoms with Crippen LogP contribution in [0.1, 0.15) is 59.9 Å². The van der Waals surface area contributed by atoms with E-state index in [0.29, 0.717) is 6.42 Å². The van der Waals surface area contributed by atoms with Crippen LogP contribution in [-0.4, -0.2) is 15.8 Å². The number of pyridine rings is 2. The van der Waals surface area contributed by atoms with E-state index in [1.807, 2.05) is 77.1 Å². The van der Waals surface area contributed by atoms with Gasteiger partial charge >= 0.3 is 0 Å². The van der Waals surface area contributed by atoms with Crippen LogP contribution in [0.2, 0.25) is 0 Å². The molecule has 0 aromatic carbocycles. The zero-order valence-corrected chi connectivity index (χ0v) is 16.7. The fourth-order valence-electron chi connectivity index (χ4n) is 1.14. The SMILES string of the molecule is C.CC.CC.CC(=O)CC#N.Cc1ccccn1.N#CCc1ccccn1. The summed E-state index contributed by atoms with van der Waals surface area (Å²) >= 11 is 0. The average molecular weight is 371 g/mol. The minimum absolute atomic E-state index is 0. The number of carbonyl (C=O) groups excluding carboxylic acids is 1. The van der Waals surface area contributed by atoms with E-state index in [1.165, 1.54) is 6.92 Å². The van der Waals surface area contributed by atoms with Gasteiger partial charge in [-0.15, -0.1) is 0 Å². The first-order valence-corrected chi connectivity index (χ1v) is 8.61. The molecule has 0 spiro atoms. The van der Waals surface area contributed by atoms with Crippen LogP contribution in [0.5, 0.6) is 0 Å². The van der Waals surface area contributed by atoms with E-state index in [2.05, 4.69) is 9.97 Å². The van der Waals surface area contributed by atoms with Gasteiger partial charge in [-0.05, 0) is 38.1 Å². The highest BCUT2D eigenvalue weighted by atomic mass is 16.1. The van der Waals surface area contributed by atoms with Crippen molar-refractivity contribution >= 4 is 5.78 Å². The van der Waals surface area contributed by atoms with Crippen molar-refractivity contribution < 1.29 is 4.79 Å². The molecule has 2 rings (SSSR count). The quantitative estimate of drug-likeness (QED) is 0.674. The van der Waals surface area contributed by atoms with Crippen LogP contribution in [0, 0.1) is 29.6 Å². The molecular weight excluding hydrogens is 336 g/mol. The molecule has 0 radical (unpaired) electrons. The lowest BCUT2D eigenvalue weighted by molar-refractivity contribution is -0.116. The van der Waals surface area contributed by atoms with E-state index < -0.39 is 0 Å². The molecule has 0 aliphatic carbocycles. The largest absolute Gasteiger partial charge is 0.299 e. The summed E-state index contributed by atoms with van der Waals surface area (Å²) in [5.74, 6) is -0.0718. The molecule has 0 N–H and O–H groups in total. The second-order valence-electron chi connectivity index (χ2n) is 4.16. The second-order valence-corrected chi connectivity index (χ2v) is 4.16. The monoisotopic (exact) mass is 370 g/mol. The molecule has 0 saturated heterocycles. The summed E-state index contributed by atoms with van der Waals surface area (Å²) < 4.78 is 0. The first kappa shape index (κ1) is 31.7. The zero-order valence-electron chi connectivity index (χ0n) is 16.7. The predicted octanol–water partition coefficient (Wildman–Crippen LogP) is 5.72. The van der Waals surface area contributed by atoms with Gasteiger partial charge in [0, 0.05) is 18.1 Å². The molecule has 0 atom stereocenters. The summed E-state index contributed by atoms with van der Waals surface area (Å²) in [7, 11) is 0. The van der Waals surface area contributed by atoms with Gasteiger partial charge in [-0.3, -0.25) is 14.8 Å². The number of aryl methyl sites for hydroxylation is 1. The summed E-state index contributed by atoms with van der Waals surface area (Å²) in [5, 5.41) is 16.0. The van der Waals surface area contributed by atoms with Gasteiger partial charge in [-0.1, -0.05) is 47.3 Å². The van der Waals surface area contributed by atoms with Crippen molar-refractivity contribution in [1.29, 1.82) is 10.5 Å². The summed E-state index contributed by atoms with van der Waals surface area (Å²) in [6.45, 7) is 11.4. The Balaban J connectivity index is -0.000000134. The fraction of sp³-hybridized carbons (Fsp3) is 0.409. The molecule has 2 heterocycles. The van der Waals surface area contributed by atoms with Crippen molar-refractivity contribution in [3.8, 4) is 12.1 Å². The van der Waals surface area contributed by atoms with Gasteiger partial charge < -0.3 is 0 Å². The number of carbonyl (C=O) groups is 1. The molecule has 148 valence electrons. The molecule has 0 saturated carbocycles. The Kier molecular flexibility index (Phi) is 32.6. The molecule has 27 heavy (non-hydrogen) atoms. The van der Waals surface area contributed by atoms with Crippen LogP contribution < -0.4 is 0 Å². The number of nitriles is 2. The number of hydrogen-bond acceptors (Lipinski definition) is 5. The van der Waals surface area contributed by atoms with Crippen LogP contribution in [-0.2, 0) is 11.2 Å². The Bertz CT molecular complexity index is 614. The van der Waals surface area contributed by atoms with Gasteiger partial charge in [-0.25, -0.2) is 0 Å². The number of aromatic nitrogens is 2. The minimum atomic E-state index is -0.0718. The maximum Gasteiger partial charge on any atom is 0.143 e. The molecule has 0 aliphatic rings. The van der Waals surface area contributed by atoms with Crippen molar-refractivity contribution in [3.05, 3.63) is 60.2 Å². The van der Waals surface area contributed by atoms with Gasteiger partial charge in [0.05, 0.1) is 30.7 Å². The molecule has 0 fully saturated rings. The molecule has 2 aromatic heterocycles. The summed E-state index contributed by atoms with van der Waals surface area (Å²) in [4.78, 5) is 17.7. The van der Waals surface area contributed by atoms with Crippen LogP contribution in [0.4, 0.5) is 0 Å². The second kappa shape index (κ2) is 27.8. The highest BCUT2D eigenvalue weighted by molar-refractivity contribution is 5.77. The highest BCUT2D eigenvalue weighted by Gasteiger charge is 1.86. The molecule has 0 unspecified atom stereocenters. The van der Waals surface area contributed by atoms with Crippen LogP contribution in [0.25, 0.3) is 0 Å². The molecule has 2 aromatic rings. The summed E-state index contributed by atoms with van der Waals surface area (Å²) in [5.41, 5.74) is 1.91. The minimum Gasteiger partial charge on any atom is -0.299 e. The van der Waals surface area contributed by atoms with Crippen molar-refractivity contribution in [2.75, 3.05) is 0 Å². The molecule has 5 nitrogen and oxygen atoms in total. The summed E-state index contributed by atoms with van der Waals surface area (Å²) in [6, 6.07) is 15.1. The van der Waals surface area contributed by atoms with Crippen molar-refractivity contribution in [2.45, 2.75) is 61.8 Å². The first-order chi connectivity index (χ1) is 12.6. The maximum absolute atomic E-state index is 9.82. The lowest BCUT2D eigenvalue weighted by Gasteiger charge is -1.87. The van der Waals surface area contributed by atoms with E-state index in [9.17, 15) is 4.79 Å².